The van der Waals surface area contributed by atoms with Crippen LogP contribution in [0.4, 0.5) is 11.5 Å². The number of sulfonamides is 1. The number of para-hydroxylation sites is 1. The number of nitrogens with one attached hydrogen (secondary N) is 2. The number of nitrogens with zero attached hydrogens (tertiary/aromatic N) is 2. The van der Waals surface area contributed by atoms with E-state index in [-0.39, 0.29) is 16.1 Å². The summed E-state index contributed by atoms with van der Waals surface area (Å²) in [5.74, 6) is 0.560. The minimum atomic E-state index is -3.83. The van der Waals surface area contributed by atoms with E-state index in [0.29, 0.717) is 18.2 Å². The van der Waals surface area contributed by atoms with E-state index >= 15 is 0 Å². The molecule has 0 unspecified atom stereocenters. The highest BCUT2D eigenvalue weighted by Crippen LogP contribution is 2.20. The number of carbonyl (C=O) groups excluding carboxylic acids is 1. The lowest BCUT2D eigenvalue weighted by molar-refractivity contribution is 0.102. The first-order chi connectivity index (χ1) is 15.9. The second-order valence-corrected chi connectivity index (χ2v) is 8.71. The quantitative estimate of drug-likeness (QED) is 0.406. The second-order valence-electron chi connectivity index (χ2n) is 7.03. The summed E-state index contributed by atoms with van der Waals surface area (Å²) in [5.41, 5.74) is 1.42. The summed E-state index contributed by atoms with van der Waals surface area (Å²) in [6.07, 6.45) is 1.74. The highest BCUT2D eigenvalue weighted by atomic mass is 32.2. The molecule has 8 nitrogen and oxygen atoms in total. The zero-order valence-corrected chi connectivity index (χ0v) is 18.6. The van der Waals surface area contributed by atoms with Crippen molar-refractivity contribution in [3.05, 3.63) is 96.7 Å². The first-order valence-electron chi connectivity index (χ1n) is 10.2. The third kappa shape index (κ3) is 5.39. The number of amides is 1. The molecule has 0 aliphatic carbocycles. The average molecular weight is 463 g/mol. The standard InChI is InChI=1S/C24H22N4O4S/c1-2-32-21-11-13-22(14-12-21)33(30,31)27-19-8-6-7-18(17-19)24(29)25-23-15-16-28(26-23)20-9-4-3-5-10-20/h3-17,27H,2H2,1H3,(H,25,26,29). The summed E-state index contributed by atoms with van der Waals surface area (Å²) in [5, 5.41) is 7.08. The fourth-order valence-corrected chi connectivity index (χ4v) is 4.17. The smallest absolute Gasteiger partial charge is 0.261 e. The van der Waals surface area contributed by atoms with Gasteiger partial charge in [0.25, 0.3) is 15.9 Å². The van der Waals surface area contributed by atoms with Gasteiger partial charge in [-0.15, -0.1) is 0 Å². The Balaban J connectivity index is 1.46. The Labute approximate surface area is 191 Å². The molecule has 1 amide bonds. The second kappa shape index (κ2) is 9.58. The number of hydrogen-bond acceptors (Lipinski definition) is 5. The molecule has 0 radical (unpaired) electrons. The Morgan fingerprint density at radius 2 is 1.73 bits per heavy atom. The summed E-state index contributed by atoms with van der Waals surface area (Å²) >= 11 is 0. The Morgan fingerprint density at radius 3 is 2.45 bits per heavy atom. The van der Waals surface area contributed by atoms with Crippen LogP contribution in [0.2, 0.25) is 0 Å². The summed E-state index contributed by atoms with van der Waals surface area (Å²) in [4.78, 5) is 12.8. The van der Waals surface area contributed by atoms with Gasteiger partial charge in [-0.2, -0.15) is 5.10 Å². The largest absolute Gasteiger partial charge is 0.494 e. The van der Waals surface area contributed by atoms with E-state index in [2.05, 4.69) is 15.1 Å². The number of rotatable bonds is 8. The number of anilines is 2. The van der Waals surface area contributed by atoms with Gasteiger partial charge in [-0.05, 0) is 61.5 Å². The van der Waals surface area contributed by atoms with Crippen LogP contribution in [0.25, 0.3) is 5.69 Å². The highest BCUT2D eigenvalue weighted by Gasteiger charge is 2.16. The molecule has 0 saturated carbocycles. The first-order valence-corrected chi connectivity index (χ1v) is 11.7. The van der Waals surface area contributed by atoms with E-state index in [4.69, 9.17) is 4.74 Å². The van der Waals surface area contributed by atoms with Crippen molar-refractivity contribution in [1.82, 2.24) is 9.78 Å². The van der Waals surface area contributed by atoms with E-state index in [1.165, 1.54) is 18.2 Å². The molecule has 33 heavy (non-hydrogen) atoms. The molecule has 1 heterocycles. The van der Waals surface area contributed by atoms with Crippen LogP contribution in [-0.2, 0) is 10.0 Å². The van der Waals surface area contributed by atoms with E-state index in [9.17, 15) is 13.2 Å². The van der Waals surface area contributed by atoms with Crippen molar-refractivity contribution in [1.29, 1.82) is 0 Å². The number of benzene rings is 3. The third-order valence-corrected chi connectivity index (χ3v) is 6.07. The summed E-state index contributed by atoms with van der Waals surface area (Å²) in [7, 11) is -3.83. The minimum absolute atomic E-state index is 0.0901. The van der Waals surface area contributed by atoms with Crippen molar-refractivity contribution < 1.29 is 17.9 Å². The van der Waals surface area contributed by atoms with Crippen LogP contribution in [0.1, 0.15) is 17.3 Å². The third-order valence-electron chi connectivity index (χ3n) is 4.67. The van der Waals surface area contributed by atoms with Gasteiger partial charge in [-0.3, -0.25) is 9.52 Å². The van der Waals surface area contributed by atoms with E-state index in [0.717, 1.165) is 5.69 Å². The fourth-order valence-electron chi connectivity index (χ4n) is 3.12. The van der Waals surface area contributed by atoms with Gasteiger partial charge >= 0.3 is 0 Å². The molecule has 3 aromatic carbocycles. The monoisotopic (exact) mass is 462 g/mol. The maximum atomic E-state index is 12.7. The number of ether oxygens (including phenoxy) is 1. The molecular formula is C24H22N4O4S. The number of hydrogen-bond donors (Lipinski definition) is 2. The van der Waals surface area contributed by atoms with Crippen molar-refractivity contribution in [3.63, 3.8) is 0 Å². The fraction of sp³-hybridized carbons (Fsp3) is 0.0833. The molecule has 2 N–H and O–H groups in total. The molecule has 0 atom stereocenters. The molecule has 4 rings (SSSR count). The average Bonchev–Trinajstić information content (AvgIpc) is 3.29. The van der Waals surface area contributed by atoms with Gasteiger partial charge in [-0.25, -0.2) is 13.1 Å². The van der Waals surface area contributed by atoms with Gasteiger partial charge in [0.05, 0.1) is 17.2 Å². The van der Waals surface area contributed by atoms with Gasteiger partial charge in [0.1, 0.15) is 5.75 Å². The zero-order chi connectivity index (χ0) is 23.3. The van der Waals surface area contributed by atoms with Crippen molar-refractivity contribution >= 4 is 27.4 Å². The summed E-state index contributed by atoms with van der Waals surface area (Å²) in [6, 6.07) is 23.6. The molecule has 168 valence electrons. The zero-order valence-electron chi connectivity index (χ0n) is 17.8. The number of aromatic nitrogens is 2. The molecular weight excluding hydrogens is 440 g/mol. The minimum Gasteiger partial charge on any atom is -0.494 e. The van der Waals surface area contributed by atoms with Crippen LogP contribution < -0.4 is 14.8 Å². The molecule has 0 saturated heterocycles. The molecule has 0 bridgehead atoms. The SMILES string of the molecule is CCOc1ccc(S(=O)(=O)Nc2cccc(C(=O)Nc3ccn(-c4ccccc4)n3)c2)cc1. The molecule has 0 aliphatic rings. The summed E-state index contributed by atoms with van der Waals surface area (Å²) < 4.78 is 34.9. The predicted molar refractivity (Wildman–Crippen MR) is 126 cm³/mol. The Bertz CT molecular complexity index is 1350. The predicted octanol–water partition coefficient (Wildman–Crippen LogP) is 4.32. The van der Waals surface area contributed by atoms with Crippen molar-refractivity contribution in [2.45, 2.75) is 11.8 Å². The number of carbonyl (C=O) groups is 1. The normalized spacial score (nSPS) is 11.1. The molecule has 9 heteroatoms. The van der Waals surface area contributed by atoms with E-state index in [1.54, 1.807) is 47.3 Å². The lowest BCUT2D eigenvalue weighted by Crippen LogP contribution is -2.15. The van der Waals surface area contributed by atoms with Crippen molar-refractivity contribution in [2.75, 3.05) is 16.6 Å². The van der Waals surface area contributed by atoms with Gasteiger partial charge < -0.3 is 10.1 Å². The van der Waals surface area contributed by atoms with Crippen LogP contribution in [0.5, 0.6) is 5.75 Å². The lowest BCUT2D eigenvalue weighted by Gasteiger charge is -2.10. The molecule has 0 spiro atoms. The first kappa shape index (κ1) is 22.1. The maximum Gasteiger partial charge on any atom is 0.261 e. The maximum absolute atomic E-state index is 12.7. The van der Waals surface area contributed by atoms with E-state index in [1.807, 2.05) is 37.3 Å². The highest BCUT2D eigenvalue weighted by molar-refractivity contribution is 7.92. The molecule has 1 aromatic heterocycles. The molecule has 0 fully saturated rings. The van der Waals surface area contributed by atoms with Gasteiger partial charge in [0.2, 0.25) is 0 Å². The van der Waals surface area contributed by atoms with Crippen LogP contribution in [0, 0.1) is 0 Å². The van der Waals surface area contributed by atoms with Crippen molar-refractivity contribution in [2.24, 2.45) is 0 Å². The molecule has 0 aliphatic heterocycles. The van der Waals surface area contributed by atoms with Gasteiger partial charge in [0, 0.05) is 23.5 Å². The lowest BCUT2D eigenvalue weighted by atomic mass is 10.2. The van der Waals surface area contributed by atoms with E-state index < -0.39 is 15.9 Å². The van der Waals surface area contributed by atoms with Crippen LogP contribution in [-0.4, -0.2) is 30.7 Å². The Morgan fingerprint density at radius 1 is 0.970 bits per heavy atom. The molecule has 4 aromatic rings. The topological polar surface area (TPSA) is 102 Å². The van der Waals surface area contributed by atoms with Gasteiger partial charge in [-0.1, -0.05) is 24.3 Å². The Kier molecular flexibility index (Phi) is 6.41. The van der Waals surface area contributed by atoms with Crippen molar-refractivity contribution in [3.8, 4) is 11.4 Å². The van der Waals surface area contributed by atoms with Crippen LogP contribution in [0.15, 0.2) is 96.0 Å². The summed E-state index contributed by atoms with van der Waals surface area (Å²) in [6.45, 7) is 2.34. The van der Waals surface area contributed by atoms with Crippen LogP contribution >= 0.6 is 0 Å². The van der Waals surface area contributed by atoms with Gasteiger partial charge in [0.15, 0.2) is 5.82 Å². The van der Waals surface area contributed by atoms with Crippen LogP contribution in [0.3, 0.4) is 0 Å². The Hall–Kier alpha value is -4.11.